The number of likely N-dealkylation sites (tertiary alicyclic amines) is 1. The van der Waals surface area contributed by atoms with Gasteiger partial charge >= 0.3 is 0 Å². The Bertz CT molecular complexity index is 444. The summed E-state index contributed by atoms with van der Waals surface area (Å²) in [5, 5.41) is 2.97. The summed E-state index contributed by atoms with van der Waals surface area (Å²) in [4.78, 5) is 14.2. The normalized spacial score (nSPS) is 17.1. The third kappa shape index (κ3) is 4.60. The Morgan fingerprint density at radius 3 is 2.85 bits per heavy atom. The average molecular weight is 278 g/mol. The van der Waals surface area contributed by atoms with Gasteiger partial charge in [-0.2, -0.15) is 0 Å². The number of nitrogens with zero attached hydrogens (tertiary/aromatic N) is 1. The molecular formula is C16H23FN2O. The fourth-order valence-electron chi connectivity index (χ4n) is 2.61. The highest BCUT2D eigenvalue weighted by atomic mass is 19.1. The molecule has 20 heavy (non-hydrogen) atoms. The summed E-state index contributed by atoms with van der Waals surface area (Å²) in [5.41, 5.74) is 0.868. The summed E-state index contributed by atoms with van der Waals surface area (Å²) in [6, 6.07) is 6.83. The van der Waals surface area contributed by atoms with E-state index in [1.165, 1.54) is 25.0 Å². The summed E-state index contributed by atoms with van der Waals surface area (Å²) < 4.78 is 13.0. The Kier molecular flexibility index (Phi) is 5.53. The molecule has 0 radical (unpaired) electrons. The van der Waals surface area contributed by atoms with Crippen LogP contribution in [0.1, 0.15) is 31.7 Å². The summed E-state index contributed by atoms with van der Waals surface area (Å²) >= 11 is 0. The highest BCUT2D eigenvalue weighted by Crippen LogP contribution is 2.11. The molecule has 4 heteroatoms. The number of hydrogen-bond acceptors (Lipinski definition) is 2. The summed E-state index contributed by atoms with van der Waals surface area (Å²) in [6.45, 7) is 5.13. The molecule has 1 saturated heterocycles. The quantitative estimate of drug-likeness (QED) is 0.866. The van der Waals surface area contributed by atoms with E-state index in [2.05, 4.69) is 17.1 Å². The van der Waals surface area contributed by atoms with Crippen LogP contribution in [0.2, 0.25) is 0 Å². The smallest absolute Gasteiger partial charge is 0.220 e. The first-order valence-electron chi connectivity index (χ1n) is 7.40. The molecule has 0 bridgehead atoms. The van der Waals surface area contributed by atoms with Crippen LogP contribution in [0.25, 0.3) is 0 Å². The van der Waals surface area contributed by atoms with Crippen LogP contribution in [0.3, 0.4) is 0 Å². The van der Waals surface area contributed by atoms with Crippen molar-refractivity contribution in [3.8, 4) is 0 Å². The van der Waals surface area contributed by atoms with Crippen molar-refractivity contribution in [3.63, 3.8) is 0 Å². The van der Waals surface area contributed by atoms with E-state index >= 15 is 0 Å². The fourth-order valence-corrected chi connectivity index (χ4v) is 2.61. The number of aryl methyl sites for hydroxylation is 1. The molecule has 0 unspecified atom stereocenters. The molecule has 1 aromatic rings. The van der Waals surface area contributed by atoms with Gasteiger partial charge in [0.1, 0.15) is 5.82 Å². The molecular weight excluding hydrogens is 255 g/mol. The van der Waals surface area contributed by atoms with Crippen molar-refractivity contribution < 1.29 is 9.18 Å². The topological polar surface area (TPSA) is 32.3 Å². The number of rotatable bonds is 6. The van der Waals surface area contributed by atoms with Gasteiger partial charge in [-0.1, -0.05) is 12.1 Å². The number of carbonyl (C=O) groups excluding carboxylic acids is 1. The summed E-state index contributed by atoms with van der Waals surface area (Å²) in [6.07, 6.45) is 3.52. The molecule has 1 amide bonds. The molecule has 0 saturated carbocycles. The molecule has 0 spiro atoms. The number of carbonyl (C=O) groups is 1. The second-order valence-electron chi connectivity index (χ2n) is 5.53. The highest BCUT2D eigenvalue weighted by molar-refractivity contribution is 5.76. The molecule has 3 nitrogen and oxygen atoms in total. The second kappa shape index (κ2) is 7.39. The molecule has 2 rings (SSSR count). The fraction of sp³-hybridized carbons (Fsp3) is 0.562. The minimum atomic E-state index is -0.245. The van der Waals surface area contributed by atoms with E-state index in [0.717, 1.165) is 18.7 Å². The third-order valence-corrected chi connectivity index (χ3v) is 3.89. The monoisotopic (exact) mass is 278 g/mol. The number of amides is 1. The van der Waals surface area contributed by atoms with Gasteiger partial charge < -0.3 is 5.32 Å². The Labute approximate surface area is 120 Å². The Morgan fingerprint density at radius 2 is 2.15 bits per heavy atom. The van der Waals surface area contributed by atoms with Gasteiger partial charge in [0.15, 0.2) is 0 Å². The first kappa shape index (κ1) is 15.0. The molecule has 1 fully saturated rings. The standard InChI is InChI=1S/C16H23FN2O/c1-13(19-9-2-3-10-19)12-18-16(20)8-7-14-5-4-6-15(17)11-14/h4-6,11,13H,2-3,7-10,12H2,1H3,(H,18,20)/t13-/m1/s1. The first-order chi connectivity index (χ1) is 9.65. The van der Waals surface area contributed by atoms with Gasteiger partial charge in [-0.25, -0.2) is 4.39 Å². The van der Waals surface area contributed by atoms with Crippen molar-refractivity contribution >= 4 is 5.91 Å². The van der Waals surface area contributed by atoms with Crippen molar-refractivity contribution in [3.05, 3.63) is 35.6 Å². The third-order valence-electron chi connectivity index (χ3n) is 3.89. The maximum Gasteiger partial charge on any atom is 0.220 e. The number of nitrogens with one attached hydrogen (secondary N) is 1. The maximum atomic E-state index is 13.0. The van der Waals surface area contributed by atoms with E-state index < -0.39 is 0 Å². The summed E-state index contributed by atoms with van der Waals surface area (Å²) in [7, 11) is 0. The number of benzene rings is 1. The largest absolute Gasteiger partial charge is 0.355 e. The number of hydrogen-bond donors (Lipinski definition) is 1. The van der Waals surface area contributed by atoms with Crippen LogP contribution >= 0.6 is 0 Å². The predicted octanol–water partition coefficient (Wildman–Crippen LogP) is 2.36. The second-order valence-corrected chi connectivity index (χ2v) is 5.53. The van der Waals surface area contributed by atoms with Gasteiger partial charge in [-0.05, 0) is 57.0 Å². The van der Waals surface area contributed by atoms with Gasteiger partial charge in [-0.3, -0.25) is 9.69 Å². The van der Waals surface area contributed by atoms with E-state index in [9.17, 15) is 9.18 Å². The minimum absolute atomic E-state index is 0.0420. The van der Waals surface area contributed by atoms with E-state index in [0.29, 0.717) is 25.4 Å². The maximum absolute atomic E-state index is 13.0. The van der Waals surface area contributed by atoms with Crippen LogP contribution in [-0.4, -0.2) is 36.5 Å². The predicted molar refractivity (Wildman–Crippen MR) is 78.0 cm³/mol. The lowest BCUT2D eigenvalue weighted by Gasteiger charge is -2.23. The zero-order valence-corrected chi connectivity index (χ0v) is 12.1. The van der Waals surface area contributed by atoms with Gasteiger partial charge in [0.2, 0.25) is 5.91 Å². The SMILES string of the molecule is C[C@H](CNC(=O)CCc1cccc(F)c1)N1CCCC1. The molecule has 1 aliphatic heterocycles. The lowest BCUT2D eigenvalue weighted by atomic mass is 10.1. The zero-order chi connectivity index (χ0) is 14.4. The van der Waals surface area contributed by atoms with Gasteiger partial charge in [-0.15, -0.1) is 0 Å². The lowest BCUT2D eigenvalue weighted by Crippen LogP contribution is -2.40. The van der Waals surface area contributed by atoms with E-state index in [-0.39, 0.29) is 11.7 Å². The average Bonchev–Trinajstić information content (AvgIpc) is 2.97. The zero-order valence-electron chi connectivity index (χ0n) is 12.1. The van der Waals surface area contributed by atoms with Crippen LogP contribution in [0.4, 0.5) is 4.39 Å². The minimum Gasteiger partial charge on any atom is -0.355 e. The molecule has 0 aliphatic carbocycles. The van der Waals surface area contributed by atoms with Gasteiger partial charge in [0.05, 0.1) is 0 Å². The molecule has 1 atom stereocenters. The Balaban J connectivity index is 1.67. The molecule has 110 valence electrons. The van der Waals surface area contributed by atoms with Crippen molar-refractivity contribution in [1.82, 2.24) is 10.2 Å². The van der Waals surface area contributed by atoms with Crippen molar-refractivity contribution in [2.45, 2.75) is 38.6 Å². The van der Waals surface area contributed by atoms with Gasteiger partial charge in [0, 0.05) is 19.0 Å². The molecule has 1 aromatic carbocycles. The van der Waals surface area contributed by atoms with Crippen LogP contribution in [0.15, 0.2) is 24.3 Å². The summed E-state index contributed by atoms with van der Waals surface area (Å²) in [5.74, 6) is -0.203. The van der Waals surface area contributed by atoms with Crippen molar-refractivity contribution in [2.24, 2.45) is 0 Å². The first-order valence-corrected chi connectivity index (χ1v) is 7.40. The Morgan fingerprint density at radius 1 is 1.40 bits per heavy atom. The highest BCUT2D eigenvalue weighted by Gasteiger charge is 2.18. The van der Waals surface area contributed by atoms with Crippen LogP contribution in [0, 0.1) is 5.82 Å². The van der Waals surface area contributed by atoms with Crippen molar-refractivity contribution in [1.29, 1.82) is 0 Å². The molecule has 0 aromatic heterocycles. The molecule has 1 heterocycles. The number of halogens is 1. The van der Waals surface area contributed by atoms with Crippen molar-refractivity contribution in [2.75, 3.05) is 19.6 Å². The Hall–Kier alpha value is -1.42. The van der Waals surface area contributed by atoms with E-state index in [1.54, 1.807) is 6.07 Å². The van der Waals surface area contributed by atoms with Gasteiger partial charge in [0.25, 0.3) is 0 Å². The van der Waals surface area contributed by atoms with Crippen LogP contribution in [-0.2, 0) is 11.2 Å². The lowest BCUT2D eigenvalue weighted by molar-refractivity contribution is -0.121. The van der Waals surface area contributed by atoms with E-state index in [4.69, 9.17) is 0 Å². The van der Waals surface area contributed by atoms with E-state index in [1.807, 2.05) is 6.07 Å². The van der Waals surface area contributed by atoms with Crippen LogP contribution < -0.4 is 5.32 Å². The molecule has 1 N–H and O–H groups in total. The van der Waals surface area contributed by atoms with Crippen LogP contribution in [0.5, 0.6) is 0 Å². The molecule has 1 aliphatic rings.